The number of ether oxygens (including phenoxy) is 1. The Morgan fingerprint density at radius 2 is 2.36 bits per heavy atom. The zero-order chi connectivity index (χ0) is 15.5. The van der Waals surface area contributed by atoms with Crippen LogP contribution in [0.15, 0.2) is 35.8 Å². The molecule has 3 rings (SSSR count). The molecule has 1 aromatic heterocycles. The third-order valence-electron chi connectivity index (χ3n) is 3.94. The molecule has 0 N–H and O–H groups in total. The number of nitrogens with zero attached hydrogens (tertiary/aromatic N) is 2. The van der Waals surface area contributed by atoms with Crippen LogP contribution in [0.5, 0.6) is 5.75 Å². The molecule has 116 valence electrons. The van der Waals surface area contributed by atoms with Crippen molar-refractivity contribution in [2.75, 3.05) is 6.61 Å². The van der Waals surface area contributed by atoms with Gasteiger partial charge in [0.2, 0.25) is 0 Å². The summed E-state index contributed by atoms with van der Waals surface area (Å²) in [5.41, 5.74) is 1.06. The van der Waals surface area contributed by atoms with Crippen molar-refractivity contribution < 1.29 is 9.53 Å². The van der Waals surface area contributed by atoms with E-state index in [1.54, 1.807) is 0 Å². The van der Waals surface area contributed by atoms with Crippen LogP contribution >= 0.6 is 11.3 Å². The van der Waals surface area contributed by atoms with Crippen molar-refractivity contribution in [3.8, 4) is 5.75 Å². The van der Waals surface area contributed by atoms with Gasteiger partial charge in [0.05, 0.1) is 16.8 Å². The van der Waals surface area contributed by atoms with Gasteiger partial charge in [-0.05, 0) is 38.0 Å². The van der Waals surface area contributed by atoms with E-state index in [2.05, 4.69) is 11.6 Å². The van der Waals surface area contributed by atoms with E-state index < -0.39 is 0 Å². The molecule has 1 saturated carbocycles. The van der Waals surface area contributed by atoms with Gasteiger partial charge >= 0.3 is 0 Å². The molecule has 1 aliphatic carbocycles. The molecule has 0 radical (unpaired) electrons. The lowest BCUT2D eigenvalue weighted by molar-refractivity contribution is -0.124. The van der Waals surface area contributed by atoms with Gasteiger partial charge in [-0.3, -0.25) is 4.79 Å². The first kappa shape index (κ1) is 15.0. The summed E-state index contributed by atoms with van der Waals surface area (Å²) in [5, 5.41) is 0. The molecule has 1 aliphatic rings. The number of aromatic nitrogens is 1. The van der Waals surface area contributed by atoms with Crippen LogP contribution in [0, 0.1) is 5.92 Å². The van der Waals surface area contributed by atoms with Crippen molar-refractivity contribution in [3.63, 3.8) is 0 Å². The normalized spacial score (nSPS) is 15.8. The third-order valence-corrected chi connectivity index (χ3v) is 4.98. The van der Waals surface area contributed by atoms with Gasteiger partial charge in [-0.25, -0.2) is 0 Å². The summed E-state index contributed by atoms with van der Waals surface area (Å²) in [6.07, 6.45) is 4.92. The molecule has 0 spiro atoms. The molecule has 4 nitrogen and oxygen atoms in total. The minimum Gasteiger partial charge on any atom is -0.494 e. The van der Waals surface area contributed by atoms with E-state index in [0.29, 0.717) is 13.2 Å². The highest BCUT2D eigenvalue weighted by atomic mass is 32.1. The molecule has 22 heavy (non-hydrogen) atoms. The first-order chi connectivity index (χ1) is 10.7. The van der Waals surface area contributed by atoms with E-state index in [4.69, 9.17) is 4.74 Å². The zero-order valence-corrected chi connectivity index (χ0v) is 13.6. The molecular weight excluding hydrogens is 296 g/mol. The van der Waals surface area contributed by atoms with Crippen LogP contribution in [0.25, 0.3) is 10.2 Å². The number of fused-ring (bicyclic) bond motifs is 1. The van der Waals surface area contributed by atoms with Crippen molar-refractivity contribution in [1.82, 2.24) is 4.57 Å². The van der Waals surface area contributed by atoms with E-state index in [9.17, 15) is 4.79 Å². The van der Waals surface area contributed by atoms with Crippen LogP contribution in [0.3, 0.4) is 0 Å². The fourth-order valence-electron chi connectivity index (χ4n) is 2.54. The van der Waals surface area contributed by atoms with Crippen LogP contribution in [-0.2, 0) is 11.3 Å². The van der Waals surface area contributed by atoms with E-state index in [1.807, 2.05) is 35.8 Å². The maximum Gasteiger partial charge on any atom is 0.251 e. The monoisotopic (exact) mass is 316 g/mol. The van der Waals surface area contributed by atoms with Gasteiger partial charge in [-0.1, -0.05) is 23.8 Å². The van der Waals surface area contributed by atoms with Crippen LogP contribution in [0.2, 0.25) is 0 Å². The molecule has 0 unspecified atom stereocenters. The van der Waals surface area contributed by atoms with Crippen molar-refractivity contribution in [1.29, 1.82) is 0 Å². The number of thiazole rings is 1. The third kappa shape index (κ3) is 2.86. The number of hydrogen-bond donors (Lipinski definition) is 0. The highest BCUT2D eigenvalue weighted by molar-refractivity contribution is 7.16. The second kappa shape index (κ2) is 6.48. The largest absolute Gasteiger partial charge is 0.494 e. The molecule has 1 amide bonds. The van der Waals surface area contributed by atoms with Crippen molar-refractivity contribution in [2.45, 2.75) is 32.7 Å². The van der Waals surface area contributed by atoms with Gasteiger partial charge in [-0.15, -0.1) is 6.58 Å². The fraction of sp³-hybridized carbons (Fsp3) is 0.412. The summed E-state index contributed by atoms with van der Waals surface area (Å²) in [4.78, 5) is 17.3. The van der Waals surface area contributed by atoms with Gasteiger partial charge in [0.25, 0.3) is 5.91 Å². The topological polar surface area (TPSA) is 43.6 Å². The maximum atomic E-state index is 12.2. The number of carbonyl (C=O) groups is 1. The molecule has 1 aromatic carbocycles. The minimum atomic E-state index is 0.0145. The van der Waals surface area contributed by atoms with Crippen LogP contribution in [0.4, 0.5) is 0 Å². The van der Waals surface area contributed by atoms with Crippen molar-refractivity contribution in [2.24, 2.45) is 10.9 Å². The van der Waals surface area contributed by atoms with Crippen LogP contribution in [-0.4, -0.2) is 17.1 Å². The van der Waals surface area contributed by atoms with Gasteiger partial charge < -0.3 is 9.30 Å². The Morgan fingerprint density at radius 3 is 3.00 bits per heavy atom. The van der Waals surface area contributed by atoms with E-state index in [-0.39, 0.29) is 11.8 Å². The second-order valence-electron chi connectivity index (χ2n) is 5.42. The molecular formula is C17H20N2O2S. The Bertz CT molecular complexity index is 769. The van der Waals surface area contributed by atoms with Gasteiger partial charge in [0.1, 0.15) is 5.75 Å². The Kier molecular flexibility index (Phi) is 4.43. The number of allylic oxidation sites excluding steroid dienone is 1. The van der Waals surface area contributed by atoms with Gasteiger partial charge in [-0.2, -0.15) is 4.99 Å². The smallest absolute Gasteiger partial charge is 0.251 e. The van der Waals surface area contributed by atoms with Gasteiger partial charge in [0.15, 0.2) is 4.80 Å². The lowest BCUT2D eigenvalue weighted by Gasteiger charge is -2.20. The molecule has 0 aliphatic heterocycles. The fourth-order valence-corrected chi connectivity index (χ4v) is 3.61. The zero-order valence-electron chi connectivity index (χ0n) is 12.7. The number of rotatable bonds is 5. The predicted octanol–water partition coefficient (Wildman–Crippen LogP) is 3.51. The minimum absolute atomic E-state index is 0.0145. The maximum absolute atomic E-state index is 12.2. The molecule has 0 bridgehead atoms. The molecule has 1 heterocycles. The molecule has 0 saturated heterocycles. The first-order valence-electron chi connectivity index (χ1n) is 7.68. The van der Waals surface area contributed by atoms with E-state index in [0.717, 1.165) is 40.0 Å². The van der Waals surface area contributed by atoms with Crippen molar-refractivity contribution in [3.05, 3.63) is 35.7 Å². The predicted molar refractivity (Wildman–Crippen MR) is 89.1 cm³/mol. The number of carbonyl (C=O) groups excluding carboxylic acids is 1. The highest BCUT2D eigenvalue weighted by Gasteiger charge is 2.25. The lowest BCUT2D eigenvalue weighted by atomic mass is 9.85. The number of benzene rings is 1. The number of amides is 1. The summed E-state index contributed by atoms with van der Waals surface area (Å²) >= 11 is 1.53. The lowest BCUT2D eigenvalue weighted by Crippen LogP contribution is -2.24. The average molecular weight is 316 g/mol. The van der Waals surface area contributed by atoms with E-state index in [1.165, 1.54) is 11.3 Å². The summed E-state index contributed by atoms with van der Waals surface area (Å²) in [6.45, 7) is 7.05. The standard InChI is InChI=1S/C17H20N2O2S/c1-3-10-19-14-9-8-13(21-4-2)11-15(14)22-17(19)18-16(20)12-6-5-7-12/h3,8-9,11-12H,1,4-7,10H2,2H3. The number of hydrogen-bond acceptors (Lipinski definition) is 3. The molecule has 2 aromatic rings. The molecule has 5 heteroatoms. The summed E-state index contributed by atoms with van der Waals surface area (Å²) < 4.78 is 8.67. The molecule has 1 fully saturated rings. The summed E-state index contributed by atoms with van der Waals surface area (Å²) in [6, 6.07) is 5.98. The second-order valence-corrected chi connectivity index (χ2v) is 6.43. The first-order valence-corrected chi connectivity index (χ1v) is 8.50. The van der Waals surface area contributed by atoms with Crippen LogP contribution in [0.1, 0.15) is 26.2 Å². The van der Waals surface area contributed by atoms with Gasteiger partial charge in [0, 0.05) is 12.5 Å². The van der Waals surface area contributed by atoms with E-state index >= 15 is 0 Å². The average Bonchev–Trinajstić information content (AvgIpc) is 2.75. The Labute approximate surface area is 133 Å². The quantitative estimate of drug-likeness (QED) is 0.792. The van der Waals surface area contributed by atoms with Crippen LogP contribution < -0.4 is 9.54 Å². The highest BCUT2D eigenvalue weighted by Crippen LogP contribution is 2.28. The summed E-state index contributed by atoms with van der Waals surface area (Å²) in [7, 11) is 0. The Balaban J connectivity index is 2.07. The SMILES string of the molecule is C=CCn1c(=NC(=O)C2CCC2)sc2cc(OCC)ccc21. The summed E-state index contributed by atoms with van der Waals surface area (Å²) in [5.74, 6) is 0.987. The Morgan fingerprint density at radius 1 is 1.55 bits per heavy atom. The Hall–Kier alpha value is -1.88. The van der Waals surface area contributed by atoms with Crippen molar-refractivity contribution >= 4 is 27.5 Å². The molecule has 0 atom stereocenters.